The van der Waals surface area contributed by atoms with Crippen molar-refractivity contribution < 1.29 is 22.3 Å². The van der Waals surface area contributed by atoms with Crippen molar-refractivity contribution in [3.8, 4) is 17.0 Å². The summed E-state index contributed by atoms with van der Waals surface area (Å²) in [5.74, 6) is 0.0824. The van der Waals surface area contributed by atoms with Gasteiger partial charge < -0.3 is 14.5 Å². The number of halogens is 5. The molecule has 9 heteroatoms. The zero-order valence-corrected chi connectivity index (χ0v) is 16.8. The molecule has 2 aromatic heterocycles. The van der Waals surface area contributed by atoms with Gasteiger partial charge in [0.25, 0.3) is 0 Å². The molecular formula is C21H14BrF4N3O. The Bertz CT molecular complexity index is 1200. The average Bonchev–Trinajstić information content (AvgIpc) is 3.13. The number of ether oxygens (including phenoxy) is 1. The van der Waals surface area contributed by atoms with Gasteiger partial charge in [-0.25, -0.2) is 4.98 Å². The van der Waals surface area contributed by atoms with Crippen LogP contribution in [-0.2, 0) is 0 Å². The predicted molar refractivity (Wildman–Crippen MR) is 110 cm³/mol. The fourth-order valence-electron chi connectivity index (χ4n) is 3.00. The van der Waals surface area contributed by atoms with Crippen LogP contribution in [0.2, 0.25) is 0 Å². The summed E-state index contributed by atoms with van der Waals surface area (Å²) in [7, 11) is 0. The number of anilines is 2. The highest BCUT2D eigenvalue weighted by molar-refractivity contribution is 9.10. The Balaban J connectivity index is 1.65. The van der Waals surface area contributed by atoms with Crippen LogP contribution >= 0.6 is 15.9 Å². The summed E-state index contributed by atoms with van der Waals surface area (Å²) in [4.78, 5) is 4.31. The first-order valence-electron chi connectivity index (χ1n) is 8.77. The summed E-state index contributed by atoms with van der Waals surface area (Å²) in [6, 6.07) is 17.0. The molecule has 4 rings (SSSR count). The van der Waals surface area contributed by atoms with Crippen LogP contribution in [0.4, 0.5) is 29.1 Å². The van der Waals surface area contributed by atoms with Crippen molar-refractivity contribution in [2.45, 2.75) is 12.5 Å². The van der Waals surface area contributed by atoms with Gasteiger partial charge in [0.05, 0.1) is 11.2 Å². The number of hydrogen-bond acceptors (Lipinski definition) is 3. The van der Waals surface area contributed by atoms with Gasteiger partial charge >= 0.3 is 12.5 Å². The van der Waals surface area contributed by atoms with E-state index in [-0.39, 0.29) is 5.75 Å². The molecule has 30 heavy (non-hydrogen) atoms. The summed E-state index contributed by atoms with van der Waals surface area (Å²) >= 11 is 3.46. The van der Waals surface area contributed by atoms with Crippen molar-refractivity contribution >= 4 is 33.0 Å². The lowest BCUT2D eigenvalue weighted by Crippen LogP contribution is -2.33. The van der Waals surface area contributed by atoms with Gasteiger partial charge in [-0.3, -0.25) is 0 Å². The highest BCUT2D eigenvalue weighted by atomic mass is 79.9. The SMILES string of the molecule is FC(F)C(F)(F)Oc1cccc(Nc2nccn3c(-c4cccc(Br)c4)ccc23)c1. The number of alkyl halides is 4. The Morgan fingerprint density at radius 2 is 1.83 bits per heavy atom. The topological polar surface area (TPSA) is 38.6 Å². The van der Waals surface area contributed by atoms with E-state index in [0.29, 0.717) is 11.5 Å². The quantitative estimate of drug-likeness (QED) is 0.311. The van der Waals surface area contributed by atoms with Crippen molar-refractivity contribution in [1.29, 1.82) is 0 Å². The van der Waals surface area contributed by atoms with Crippen LogP contribution in [0.25, 0.3) is 16.8 Å². The van der Waals surface area contributed by atoms with Crippen LogP contribution in [0.3, 0.4) is 0 Å². The third-order valence-electron chi connectivity index (χ3n) is 4.31. The Hall–Kier alpha value is -3.07. The van der Waals surface area contributed by atoms with Gasteiger partial charge in [-0.15, -0.1) is 0 Å². The largest absolute Gasteiger partial charge is 0.461 e. The van der Waals surface area contributed by atoms with Crippen molar-refractivity contribution in [3.05, 3.63) is 77.5 Å². The van der Waals surface area contributed by atoms with Crippen molar-refractivity contribution in [3.63, 3.8) is 0 Å². The molecule has 2 aromatic carbocycles. The van der Waals surface area contributed by atoms with Gasteiger partial charge in [0, 0.05) is 28.6 Å². The minimum absolute atomic E-state index is 0.364. The molecule has 0 saturated heterocycles. The maximum absolute atomic E-state index is 13.2. The molecule has 4 aromatic rings. The Kier molecular flexibility index (Phi) is 5.38. The van der Waals surface area contributed by atoms with Gasteiger partial charge in [-0.2, -0.15) is 17.6 Å². The summed E-state index contributed by atoms with van der Waals surface area (Å²) < 4.78 is 58.1. The number of benzene rings is 2. The molecule has 2 heterocycles. The third kappa shape index (κ3) is 4.11. The summed E-state index contributed by atoms with van der Waals surface area (Å²) in [6.07, 6.45) is -5.10. The molecule has 0 aliphatic rings. The van der Waals surface area contributed by atoms with Gasteiger partial charge in [-0.1, -0.05) is 34.1 Å². The molecule has 0 saturated carbocycles. The molecule has 0 amide bonds. The summed E-state index contributed by atoms with van der Waals surface area (Å²) in [5.41, 5.74) is 3.04. The molecule has 0 aliphatic heterocycles. The van der Waals surface area contributed by atoms with E-state index in [4.69, 9.17) is 0 Å². The first-order chi connectivity index (χ1) is 14.3. The second kappa shape index (κ2) is 7.98. The molecular weight excluding hydrogens is 466 g/mol. The monoisotopic (exact) mass is 479 g/mol. The fraction of sp³-hybridized carbons (Fsp3) is 0.0952. The van der Waals surface area contributed by atoms with Crippen molar-refractivity contribution in [2.75, 3.05) is 5.32 Å². The number of nitrogens with zero attached hydrogens (tertiary/aromatic N) is 2. The van der Waals surface area contributed by atoms with Gasteiger partial charge in [0.15, 0.2) is 5.82 Å². The number of aromatic nitrogens is 2. The van der Waals surface area contributed by atoms with E-state index in [1.807, 2.05) is 40.8 Å². The first kappa shape index (κ1) is 20.2. The number of nitrogens with one attached hydrogen (secondary N) is 1. The van der Waals surface area contributed by atoms with Crippen LogP contribution < -0.4 is 10.1 Å². The second-order valence-electron chi connectivity index (χ2n) is 6.38. The molecule has 4 nitrogen and oxygen atoms in total. The minimum Gasteiger partial charge on any atom is -0.428 e. The van der Waals surface area contributed by atoms with E-state index in [0.717, 1.165) is 21.2 Å². The molecule has 0 unspecified atom stereocenters. The first-order valence-corrected chi connectivity index (χ1v) is 9.57. The van der Waals surface area contributed by atoms with E-state index >= 15 is 0 Å². The van der Waals surface area contributed by atoms with E-state index < -0.39 is 12.5 Å². The maximum Gasteiger partial charge on any atom is 0.461 e. The van der Waals surface area contributed by atoms with Gasteiger partial charge in [0.1, 0.15) is 5.75 Å². The number of hydrogen-bond donors (Lipinski definition) is 1. The Labute approximate surface area is 177 Å². The van der Waals surface area contributed by atoms with Crippen LogP contribution in [-0.4, -0.2) is 21.9 Å². The normalized spacial score (nSPS) is 11.8. The zero-order valence-electron chi connectivity index (χ0n) is 15.2. The standard InChI is InChI=1S/C21H14BrF4N3O/c22-14-4-1-3-13(11-14)17-7-8-18-19(27-9-10-29(17)18)28-15-5-2-6-16(12-15)30-21(25,26)20(23)24/h1-12,20H,(H,27,28). The highest BCUT2D eigenvalue weighted by Crippen LogP contribution is 2.31. The zero-order chi connectivity index (χ0) is 21.3. The molecule has 0 fully saturated rings. The molecule has 0 aliphatic carbocycles. The van der Waals surface area contributed by atoms with E-state index in [9.17, 15) is 17.6 Å². The lowest BCUT2D eigenvalue weighted by Gasteiger charge is -2.17. The van der Waals surface area contributed by atoms with Gasteiger partial charge in [-0.05, 0) is 42.0 Å². The Morgan fingerprint density at radius 1 is 1.03 bits per heavy atom. The number of rotatable bonds is 6. The average molecular weight is 480 g/mol. The molecule has 1 N–H and O–H groups in total. The van der Waals surface area contributed by atoms with E-state index in [2.05, 4.69) is 31.0 Å². The van der Waals surface area contributed by atoms with Crippen LogP contribution in [0.1, 0.15) is 0 Å². The fourth-order valence-corrected chi connectivity index (χ4v) is 3.40. The summed E-state index contributed by atoms with van der Waals surface area (Å²) in [6.45, 7) is 0. The van der Waals surface area contributed by atoms with Gasteiger partial charge in [0.2, 0.25) is 0 Å². The smallest absolute Gasteiger partial charge is 0.428 e. The highest BCUT2D eigenvalue weighted by Gasteiger charge is 2.44. The predicted octanol–water partition coefficient (Wildman–Crippen LogP) is 6.74. The van der Waals surface area contributed by atoms with Crippen molar-refractivity contribution in [1.82, 2.24) is 9.38 Å². The van der Waals surface area contributed by atoms with Crippen LogP contribution in [0, 0.1) is 0 Å². The molecule has 0 spiro atoms. The minimum atomic E-state index is -4.57. The molecule has 0 radical (unpaired) electrons. The third-order valence-corrected chi connectivity index (χ3v) is 4.80. The Morgan fingerprint density at radius 3 is 2.60 bits per heavy atom. The van der Waals surface area contributed by atoms with Crippen LogP contribution in [0.15, 0.2) is 77.5 Å². The number of fused-ring (bicyclic) bond motifs is 1. The lowest BCUT2D eigenvalue weighted by atomic mass is 10.2. The lowest BCUT2D eigenvalue weighted by molar-refractivity contribution is -0.253. The van der Waals surface area contributed by atoms with Crippen molar-refractivity contribution in [2.24, 2.45) is 0 Å². The maximum atomic E-state index is 13.2. The second-order valence-corrected chi connectivity index (χ2v) is 7.29. The van der Waals surface area contributed by atoms with E-state index in [1.54, 1.807) is 18.5 Å². The van der Waals surface area contributed by atoms with Crippen LogP contribution in [0.5, 0.6) is 5.75 Å². The molecule has 0 atom stereocenters. The molecule has 0 bridgehead atoms. The summed E-state index contributed by atoms with van der Waals surface area (Å²) in [5, 5.41) is 3.02. The molecule has 154 valence electrons. The van der Waals surface area contributed by atoms with E-state index in [1.165, 1.54) is 18.2 Å².